The van der Waals surface area contributed by atoms with Crippen LogP contribution in [0.25, 0.3) is 0 Å². The zero-order valence-corrected chi connectivity index (χ0v) is 19.2. The molecule has 1 atom stereocenters. The molecule has 4 N–H and O–H groups in total. The molecule has 0 aliphatic carbocycles. The third-order valence-electron chi connectivity index (χ3n) is 3.20. The second kappa shape index (κ2) is 16.5. The van der Waals surface area contributed by atoms with Gasteiger partial charge in [0, 0.05) is 34.8 Å². The van der Waals surface area contributed by atoms with Gasteiger partial charge in [-0.25, -0.2) is 8.42 Å². The Kier molecular flexibility index (Phi) is 19.9. The summed E-state index contributed by atoms with van der Waals surface area (Å²) in [5.41, 5.74) is -1.49. The average molecular weight is 478 g/mol. The molecule has 0 aliphatic rings. The van der Waals surface area contributed by atoms with E-state index in [1.54, 1.807) is 20.8 Å². The molecule has 0 radical (unpaired) electrons. The first-order valence-corrected chi connectivity index (χ1v) is 10.9. The lowest BCUT2D eigenvalue weighted by Crippen LogP contribution is -2.49. The maximum absolute atomic E-state index is 11.5. The SMILES string of the molecule is C.C=CC(=O)NC(C)(C)CSOO[O-].CCC(C)C(=O)NC(C)(C)CS(=O)(=O)[O-].O.[H+]. The number of hydrogen-bond donors (Lipinski definition) is 2. The second-order valence-corrected chi connectivity index (χ2v) is 9.42. The highest BCUT2D eigenvalue weighted by Crippen LogP contribution is 2.13. The molecule has 0 heterocycles. The van der Waals surface area contributed by atoms with Gasteiger partial charge in [0.25, 0.3) is 0 Å². The predicted molar refractivity (Wildman–Crippen MR) is 115 cm³/mol. The molecule has 11 nitrogen and oxygen atoms in total. The maximum atomic E-state index is 11.5. The van der Waals surface area contributed by atoms with Crippen molar-refractivity contribution < 1.29 is 44.1 Å². The Morgan fingerprint density at radius 2 is 1.73 bits per heavy atom. The van der Waals surface area contributed by atoms with Crippen LogP contribution in [0.15, 0.2) is 12.7 Å². The summed E-state index contributed by atoms with van der Waals surface area (Å²) in [6.07, 6.45) is 1.85. The molecule has 2 amide bonds. The summed E-state index contributed by atoms with van der Waals surface area (Å²) in [5, 5.41) is 17.8. The average Bonchev–Trinajstić information content (AvgIpc) is 2.51. The Labute approximate surface area is 185 Å². The summed E-state index contributed by atoms with van der Waals surface area (Å²) in [7, 11) is -4.32. The van der Waals surface area contributed by atoms with E-state index in [0.717, 1.165) is 12.0 Å². The van der Waals surface area contributed by atoms with E-state index in [1.165, 1.54) is 19.9 Å². The van der Waals surface area contributed by atoms with Crippen LogP contribution in [0, 0.1) is 5.92 Å². The molecule has 0 fully saturated rings. The van der Waals surface area contributed by atoms with E-state index in [9.17, 15) is 27.8 Å². The fourth-order valence-corrected chi connectivity index (χ4v) is 3.14. The lowest BCUT2D eigenvalue weighted by atomic mass is 10.0. The smallest absolute Gasteiger partial charge is 0.748 e. The molecule has 13 heteroatoms. The minimum atomic E-state index is -4.32. The summed E-state index contributed by atoms with van der Waals surface area (Å²) >= 11 is 0.829. The molecule has 0 spiro atoms. The Hall–Kier alpha value is -1.22. The highest BCUT2D eigenvalue weighted by Gasteiger charge is 2.25. The van der Waals surface area contributed by atoms with Crippen LogP contribution in [0.4, 0.5) is 0 Å². The highest BCUT2D eigenvalue weighted by atomic mass is 32.2. The van der Waals surface area contributed by atoms with Gasteiger partial charge in [0.1, 0.15) is 0 Å². The van der Waals surface area contributed by atoms with Gasteiger partial charge in [-0.3, -0.25) is 14.6 Å². The van der Waals surface area contributed by atoms with E-state index in [-0.39, 0.29) is 32.1 Å². The fraction of sp³-hybridized carbons (Fsp3) is 0.765. The highest BCUT2D eigenvalue weighted by molar-refractivity contribution is 7.94. The number of nitrogens with one attached hydrogen (secondary N) is 2. The van der Waals surface area contributed by atoms with Crippen molar-refractivity contribution in [3.63, 3.8) is 0 Å². The molecule has 0 aromatic heterocycles. The van der Waals surface area contributed by atoms with Crippen molar-refractivity contribution in [1.82, 2.24) is 10.6 Å². The first kappa shape index (κ1) is 36.2. The molecule has 0 rings (SSSR count). The van der Waals surface area contributed by atoms with Gasteiger partial charge < -0.3 is 25.9 Å². The summed E-state index contributed by atoms with van der Waals surface area (Å²) < 4.78 is 35.8. The van der Waals surface area contributed by atoms with E-state index in [4.69, 9.17) is 0 Å². The Bertz CT molecular complexity index is 615. The van der Waals surface area contributed by atoms with Gasteiger partial charge in [-0.05, 0) is 40.2 Å². The van der Waals surface area contributed by atoms with Crippen molar-refractivity contribution >= 4 is 34.0 Å². The van der Waals surface area contributed by atoms with Crippen LogP contribution in [0.5, 0.6) is 0 Å². The number of carbonyl (C=O) groups is 2. The van der Waals surface area contributed by atoms with Crippen LogP contribution in [0.1, 0.15) is 56.8 Å². The van der Waals surface area contributed by atoms with E-state index in [1.807, 2.05) is 6.92 Å². The maximum Gasteiger partial charge on any atom is 1.00 e. The van der Waals surface area contributed by atoms with Crippen molar-refractivity contribution in [2.45, 2.75) is 66.5 Å². The second-order valence-electron chi connectivity index (χ2n) is 7.36. The standard InChI is InChI=1S/C9H19NO4S.C7H13NO4S.CH4.H2O/c1-5-7(2)8(11)10-9(3,4)6-15(12,13)14;1-4-6(9)8-7(2,3)5-13-12-11-10;;/h7H,5-6H2,1-4H3,(H,10,11)(H,12,13,14);4,10H,1,5H2,2-3H3,(H,8,9);1H4;1H2/p-1. The summed E-state index contributed by atoms with van der Waals surface area (Å²) in [4.78, 5) is 22.4. The van der Waals surface area contributed by atoms with E-state index >= 15 is 0 Å². The van der Waals surface area contributed by atoms with Gasteiger partial charge in [0.15, 0.2) is 0 Å². The molecule has 182 valence electrons. The summed E-state index contributed by atoms with van der Waals surface area (Å²) in [6, 6.07) is 0. The first-order valence-electron chi connectivity index (χ1n) is 8.37. The molecule has 0 bridgehead atoms. The van der Waals surface area contributed by atoms with Crippen LogP contribution >= 0.6 is 12.0 Å². The zero-order chi connectivity index (χ0) is 22.6. The summed E-state index contributed by atoms with van der Waals surface area (Å²) in [5.74, 6) is -0.879. The molecular formula is C17H37N2O9S2-. The Balaban J connectivity index is -0.000000134. The van der Waals surface area contributed by atoms with Crippen LogP contribution in [-0.4, -0.2) is 52.8 Å². The van der Waals surface area contributed by atoms with E-state index in [0.29, 0.717) is 12.2 Å². The third kappa shape index (κ3) is 21.5. The zero-order valence-electron chi connectivity index (χ0n) is 18.6. The quantitative estimate of drug-likeness (QED) is 0.105. The summed E-state index contributed by atoms with van der Waals surface area (Å²) in [6.45, 7) is 13.5. The van der Waals surface area contributed by atoms with E-state index in [2.05, 4.69) is 26.6 Å². The minimum Gasteiger partial charge on any atom is -0.748 e. The molecule has 0 aromatic rings. The van der Waals surface area contributed by atoms with Gasteiger partial charge in [-0.15, -0.1) is 0 Å². The number of amides is 2. The molecule has 0 saturated carbocycles. The van der Waals surface area contributed by atoms with Gasteiger partial charge in [0.05, 0.1) is 15.9 Å². The van der Waals surface area contributed by atoms with Crippen LogP contribution in [0.2, 0.25) is 0 Å². The number of carbonyl (C=O) groups excluding carboxylic acids is 2. The van der Waals surface area contributed by atoms with Crippen molar-refractivity contribution in [3.8, 4) is 0 Å². The molecular weight excluding hydrogens is 440 g/mol. The molecule has 1 unspecified atom stereocenters. The van der Waals surface area contributed by atoms with E-state index < -0.39 is 26.9 Å². The molecule has 0 saturated heterocycles. The number of rotatable bonds is 11. The van der Waals surface area contributed by atoms with Crippen molar-refractivity contribution in [2.24, 2.45) is 5.92 Å². The number of hydrogen-bond acceptors (Lipinski definition) is 9. The van der Waals surface area contributed by atoms with Crippen LogP contribution in [0.3, 0.4) is 0 Å². The first-order chi connectivity index (χ1) is 12.6. The van der Waals surface area contributed by atoms with Gasteiger partial charge in [-0.1, -0.05) is 27.9 Å². The topological polar surface area (TPSA) is 188 Å². The monoisotopic (exact) mass is 477 g/mol. The largest absolute Gasteiger partial charge is 1.00 e. The molecule has 30 heavy (non-hydrogen) atoms. The van der Waals surface area contributed by atoms with Crippen LogP contribution < -0.4 is 15.9 Å². The Morgan fingerprint density at radius 1 is 1.23 bits per heavy atom. The Morgan fingerprint density at radius 3 is 2.10 bits per heavy atom. The normalized spacial score (nSPS) is 12.1. The van der Waals surface area contributed by atoms with Crippen LogP contribution in [-0.2, 0) is 29.1 Å². The third-order valence-corrected chi connectivity index (χ3v) is 5.27. The van der Waals surface area contributed by atoms with Crippen molar-refractivity contribution in [3.05, 3.63) is 12.7 Å². The molecule has 0 aromatic carbocycles. The fourth-order valence-electron chi connectivity index (χ4n) is 1.73. The van der Waals surface area contributed by atoms with Crippen molar-refractivity contribution in [2.75, 3.05) is 11.5 Å². The minimum absolute atomic E-state index is 0. The van der Waals surface area contributed by atoms with Gasteiger partial charge in [-0.2, -0.15) is 4.33 Å². The van der Waals surface area contributed by atoms with Crippen molar-refractivity contribution in [1.29, 1.82) is 0 Å². The van der Waals surface area contributed by atoms with Gasteiger partial charge in [0.2, 0.25) is 11.8 Å². The lowest BCUT2D eigenvalue weighted by molar-refractivity contribution is -0.777. The van der Waals surface area contributed by atoms with Gasteiger partial charge >= 0.3 is 1.43 Å². The molecule has 0 aliphatic heterocycles. The predicted octanol–water partition coefficient (Wildman–Crippen LogP) is 0.335. The lowest BCUT2D eigenvalue weighted by Gasteiger charge is -2.28.